The first-order chi connectivity index (χ1) is 6.16. The molecule has 1 aromatic carbocycles. The van der Waals surface area contributed by atoms with Gasteiger partial charge >= 0.3 is 0 Å². The molecule has 0 radical (unpaired) electrons. The van der Waals surface area contributed by atoms with Gasteiger partial charge in [0.15, 0.2) is 0 Å². The van der Waals surface area contributed by atoms with Crippen LogP contribution in [0, 0.1) is 12.7 Å². The van der Waals surface area contributed by atoms with Crippen LogP contribution in [0.4, 0.5) is 4.39 Å². The SMILES string of the molecule is Cc1nc2ccc(F)cc2c(=O)[nH]1. The fraction of sp³-hybridized carbons (Fsp3) is 0.111. The number of rotatable bonds is 0. The van der Waals surface area contributed by atoms with Crippen LogP contribution in [0.5, 0.6) is 0 Å². The molecule has 0 unspecified atom stereocenters. The molecule has 0 spiro atoms. The van der Waals surface area contributed by atoms with Crippen LogP contribution in [0.1, 0.15) is 5.82 Å². The molecule has 0 amide bonds. The fourth-order valence-corrected chi connectivity index (χ4v) is 1.23. The van der Waals surface area contributed by atoms with Gasteiger partial charge in [-0.25, -0.2) is 9.37 Å². The molecular formula is C9H7FN2O. The third-order valence-corrected chi connectivity index (χ3v) is 1.79. The van der Waals surface area contributed by atoms with E-state index in [1.807, 2.05) is 0 Å². The number of benzene rings is 1. The normalized spacial score (nSPS) is 10.6. The summed E-state index contributed by atoms with van der Waals surface area (Å²) in [5.41, 5.74) is 0.213. The molecule has 4 heteroatoms. The van der Waals surface area contributed by atoms with Crippen LogP contribution in [-0.2, 0) is 0 Å². The quantitative estimate of drug-likeness (QED) is 0.662. The maximum Gasteiger partial charge on any atom is 0.258 e. The third kappa shape index (κ3) is 1.30. The number of aromatic amines is 1. The van der Waals surface area contributed by atoms with Gasteiger partial charge in [0.1, 0.15) is 11.6 Å². The van der Waals surface area contributed by atoms with Gasteiger partial charge in [-0.3, -0.25) is 4.79 Å². The van der Waals surface area contributed by atoms with Crippen LogP contribution in [0.2, 0.25) is 0 Å². The zero-order chi connectivity index (χ0) is 9.42. The molecule has 0 fully saturated rings. The van der Waals surface area contributed by atoms with Crippen LogP contribution >= 0.6 is 0 Å². The van der Waals surface area contributed by atoms with Gasteiger partial charge in [-0.1, -0.05) is 0 Å². The van der Waals surface area contributed by atoms with E-state index in [1.165, 1.54) is 18.2 Å². The molecule has 13 heavy (non-hydrogen) atoms. The Morgan fingerprint density at radius 1 is 1.46 bits per heavy atom. The number of hydrogen-bond acceptors (Lipinski definition) is 2. The highest BCUT2D eigenvalue weighted by atomic mass is 19.1. The van der Waals surface area contributed by atoms with E-state index in [1.54, 1.807) is 6.92 Å². The molecule has 2 rings (SSSR count). The second-order valence-corrected chi connectivity index (χ2v) is 2.81. The highest BCUT2D eigenvalue weighted by Gasteiger charge is 2.01. The minimum absolute atomic E-state index is 0.283. The second kappa shape index (κ2) is 2.65. The number of aryl methyl sites for hydroxylation is 1. The van der Waals surface area contributed by atoms with Crippen molar-refractivity contribution in [1.82, 2.24) is 9.97 Å². The Hall–Kier alpha value is -1.71. The first kappa shape index (κ1) is 7.91. The summed E-state index contributed by atoms with van der Waals surface area (Å²) in [6.07, 6.45) is 0. The first-order valence-corrected chi connectivity index (χ1v) is 3.83. The van der Waals surface area contributed by atoms with E-state index in [9.17, 15) is 9.18 Å². The van der Waals surface area contributed by atoms with Gasteiger partial charge in [-0.2, -0.15) is 0 Å². The number of halogens is 1. The first-order valence-electron chi connectivity index (χ1n) is 3.83. The predicted molar refractivity (Wildman–Crippen MR) is 47.1 cm³/mol. The molecule has 1 aromatic heterocycles. The van der Waals surface area contributed by atoms with Gasteiger partial charge in [0.05, 0.1) is 10.9 Å². The Labute approximate surface area is 73.2 Å². The van der Waals surface area contributed by atoms with Crippen molar-refractivity contribution in [3.63, 3.8) is 0 Å². The van der Waals surface area contributed by atoms with Gasteiger partial charge < -0.3 is 4.98 Å². The zero-order valence-electron chi connectivity index (χ0n) is 6.97. The molecule has 0 atom stereocenters. The summed E-state index contributed by atoms with van der Waals surface area (Å²) in [4.78, 5) is 17.9. The summed E-state index contributed by atoms with van der Waals surface area (Å²) >= 11 is 0. The number of aromatic nitrogens is 2. The van der Waals surface area contributed by atoms with E-state index < -0.39 is 5.82 Å². The topological polar surface area (TPSA) is 45.8 Å². The maximum absolute atomic E-state index is 12.7. The molecule has 3 nitrogen and oxygen atoms in total. The van der Waals surface area contributed by atoms with E-state index in [2.05, 4.69) is 9.97 Å². The number of hydrogen-bond donors (Lipinski definition) is 1. The smallest absolute Gasteiger partial charge is 0.258 e. The zero-order valence-corrected chi connectivity index (χ0v) is 6.97. The van der Waals surface area contributed by atoms with Gasteiger partial charge in [0.2, 0.25) is 0 Å². The average molecular weight is 178 g/mol. The molecule has 66 valence electrons. The second-order valence-electron chi connectivity index (χ2n) is 2.81. The molecule has 2 aromatic rings. The van der Waals surface area contributed by atoms with Gasteiger partial charge in [0, 0.05) is 0 Å². The Morgan fingerprint density at radius 3 is 3.00 bits per heavy atom. The third-order valence-electron chi connectivity index (χ3n) is 1.79. The van der Waals surface area contributed by atoms with Crippen molar-refractivity contribution in [3.8, 4) is 0 Å². The van der Waals surface area contributed by atoms with Gasteiger partial charge in [0.25, 0.3) is 5.56 Å². The number of nitrogens with one attached hydrogen (secondary N) is 1. The Kier molecular flexibility index (Phi) is 1.62. The van der Waals surface area contributed by atoms with Crippen molar-refractivity contribution in [3.05, 3.63) is 40.2 Å². The van der Waals surface area contributed by atoms with Crippen LogP contribution in [-0.4, -0.2) is 9.97 Å². The van der Waals surface area contributed by atoms with Crippen LogP contribution in [0.25, 0.3) is 10.9 Å². The molecule has 1 heterocycles. The standard InChI is InChI=1S/C9H7FN2O/c1-5-11-8-3-2-6(10)4-7(8)9(13)12-5/h2-4H,1H3,(H,11,12,13). The minimum atomic E-state index is -0.427. The van der Waals surface area contributed by atoms with Gasteiger partial charge in [-0.05, 0) is 25.1 Å². The Morgan fingerprint density at radius 2 is 2.23 bits per heavy atom. The highest BCUT2D eigenvalue weighted by molar-refractivity contribution is 5.77. The van der Waals surface area contributed by atoms with Crippen LogP contribution in [0.3, 0.4) is 0 Å². The van der Waals surface area contributed by atoms with Crippen molar-refractivity contribution >= 4 is 10.9 Å². The number of H-pyrrole nitrogens is 1. The Bertz CT molecular complexity index is 518. The van der Waals surface area contributed by atoms with E-state index >= 15 is 0 Å². The summed E-state index contributed by atoms with van der Waals surface area (Å²) in [6.45, 7) is 1.68. The fourth-order valence-electron chi connectivity index (χ4n) is 1.23. The lowest BCUT2D eigenvalue weighted by molar-refractivity contribution is 0.629. The Balaban J connectivity index is 2.95. The average Bonchev–Trinajstić information content (AvgIpc) is 2.06. The van der Waals surface area contributed by atoms with Crippen LogP contribution < -0.4 is 5.56 Å². The molecule has 0 aliphatic heterocycles. The number of fused-ring (bicyclic) bond motifs is 1. The lowest BCUT2D eigenvalue weighted by Crippen LogP contribution is -2.09. The van der Waals surface area contributed by atoms with Crippen molar-refractivity contribution < 1.29 is 4.39 Å². The van der Waals surface area contributed by atoms with E-state index in [-0.39, 0.29) is 10.9 Å². The summed E-state index contributed by atoms with van der Waals surface area (Å²) < 4.78 is 12.7. The van der Waals surface area contributed by atoms with Gasteiger partial charge in [-0.15, -0.1) is 0 Å². The van der Waals surface area contributed by atoms with Crippen molar-refractivity contribution in [2.45, 2.75) is 6.92 Å². The maximum atomic E-state index is 12.7. The molecule has 0 saturated heterocycles. The van der Waals surface area contributed by atoms with Crippen molar-refractivity contribution in [2.75, 3.05) is 0 Å². The lowest BCUT2D eigenvalue weighted by Gasteiger charge is -1.97. The van der Waals surface area contributed by atoms with E-state index in [4.69, 9.17) is 0 Å². The number of nitrogens with zero attached hydrogens (tertiary/aromatic N) is 1. The summed E-state index contributed by atoms with van der Waals surface area (Å²) in [5, 5.41) is 0.283. The summed E-state index contributed by atoms with van der Waals surface area (Å²) in [6, 6.07) is 3.96. The summed E-state index contributed by atoms with van der Waals surface area (Å²) in [5.74, 6) is 0.104. The van der Waals surface area contributed by atoms with Crippen molar-refractivity contribution in [1.29, 1.82) is 0 Å². The van der Waals surface area contributed by atoms with Crippen molar-refractivity contribution in [2.24, 2.45) is 0 Å². The molecule has 1 N–H and O–H groups in total. The highest BCUT2D eigenvalue weighted by Crippen LogP contribution is 2.08. The minimum Gasteiger partial charge on any atom is -0.310 e. The lowest BCUT2D eigenvalue weighted by atomic mass is 10.2. The van der Waals surface area contributed by atoms with Crippen LogP contribution in [0.15, 0.2) is 23.0 Å². The molecule has 0 bridgehead atoms. The molecule has 0 aliphatic carbocycles. The monoisotopic (exact) mass is 178 g/mol. The van der Waals surface area contributed by atoms with E-state index in [0.29, 0.717) is 11.3 Å². The molecular weight excluding hydrogens is 171 g/mol. The van der Waals surface area contributed by atoms with E-state index in [0.717, 1.165) is 0 Å². The largest absolute Gasteiger partial charge is 0.310 e. The molecule has 0 saturated carbocycles. The molecule has 0 aliphatic rings. The summed E-state index contributed by atoms with van der Waals surface area (Å²) in [7, 11) is 0. The predicted octanol–water partition coefficient (Wildman–Crippen LogP) is 1.37.